The van der Waals surface area contributed by atoms with Crippen LogP contribution < -0.4 is 15.5 Å². The summed E-state index contributed by atoms with van der Waals surface area (Å²) in [5.41, 5.74) is 2.39. The Labute approximate surface area is 183 Å². The van der Waals surface area contributed by atoms with Gasteiger partial charge in [0, 0.05) is 31.4 Å². The Balaban J connectivity index is 1.47. The number of hydrogen-bond donors (Lipinski definition) is 3. The lowest BCUT2D eigenvalue weighted by molar-refractivity contribution is -0.119. The lowest BCUT2D eigenvalue weighted by Crippen LogP contribution is -2.52. The molecule has 2 aromatic heterocycles. The quantitative estimate of drug-likeness (QED) is 0.535. The highest BCUT2D eigenvalue weighted by Crippen LogP contribution is 2.33. The van der Waals surface area contributed by atoms with Crippen molar-refractivity contribution in [3.05, 3.63) is 59.0 Å². The summed E-state index contributed by atoms with van der Waals surface area (Å²) in [5, 5.41) is 20.1. The van der Waals surface area contributed by atoms with Crippen molar-refractivity contribution in [3.63, 3.8) is 0 Å². The molecule has 0 saturated heterocycles. The molecule has 11 heteroatoms. The number of aromatic nitrogens is 4. The second-order valence-electron chi connectivity index (χ2n) is 7.79. The molecule has 2 unspecified atom stereocenters. The van der Waals surface area contributed by atoms with Crippen LogP contribution >= 0.6 is 0 Å². The highest BCUT2D eigenvalue weighted by atomic mass is 19.1. The maximum absolute atomic E-state index is 13.4. The van der Waals surface area contributed by atoms with Crippen molar-refractivity contribution in [3.8, 4) is 0 Å². The van der Waals surface area contributed by atoms with Crippen molar-refractivity contribution < 1.29 is 18.7 Å². The van der Waals surface area contributed by atoms with E-state index in [0.717, 1.165) is 11.6 Å². The molecular formula is C21H23F2N7O2. The first kappa shape index (κ1) is 21.6. The third kappa shape index (κ3) is 4.37. The van der Waals surface area contributed by atoms with Crippen molar-refractivity contribution in [2.75, 3.05) is 22.6 Å². The van der Waals surface area contributed by atoms with Crippen LogP contribution in [0.1, 0.15) is 23.7 Å². The minimum Gasteiger partial charge on any atom is -0.391 e. The van der Waals surface area contributed by atoms with E-state index < -0.39 is 23.8 Å². The van der Waals surface area contributed by atoms with E-state index >= 15 is 0 Å². The summed E-state index contributed by atoms with van der Waals surface area (Å²) in [6.45, 7) is 3.91. The number of amides is 1. The van der Waals surface area contributed by atoms with Gasteiger partial charge < -0.3 is 20.6 Å². The van der Waals surface area contributed by atoms with Crippen LogP contribution in [-0.4, -0.2) is 50.0 Å². The second-order valence-corrected chi connectivity index (χ2v) is 7.79. The van der Waals surface area contributed by atoms with Crippen LogP contribution in [0.3, 0.4) is 0 Å². The van der Waals surface area contributed by atoms with Gasteiger partial charge in [0.15, 0.2) is 5.82 Å². The fraction of sp³-hybridized carbons (Fsp3) is 0.333. The predicted molar refractivity (Wildman–Crippen MR) is 114 cm³/mol. The van der Waals surface area contributed by atoms with E-state index in [1.807, 2.05) is 0 Å². The first-order valence-electron chi connectivity index (χ1n) is 10.0. The van der Waals surface area contributed by atoms with Gasteiger partial charge in [-0.2, -0.15) is 10.1 Å². The number of carbonyl (C=O) groups is 1. The van der Waals surface area contributed by atoms with E-state index in [0.29, 0.717) is 35.3 Å². The van der Waals surface area contributed by atoms with Gasteiger partial charge >= 0.3 is 0 Å². The van der Waals surface area contributed by atoms with Crippen molar-refractivity contribution in [2.24, 2.45) is 0 Å². The lowest BCUT2D eigenvalue weighted by Gasteiger charge is -2.36. The summed E-state index contributed by atoms with van der Waals surface area (Å²) >= 11 is 0. The Morgan fingerprint density at radius 2 is 1.94 bits per heavy atom. The molecule has 3 heterocycles. The standard InChI is InChI=1S/C21H23F2N7O2/c1-11-17-19(29(3)18(12(2)31)20(32)27-17)28-21(26-11)24-7-14-8-25-30(10-14)9-13-4-15(22)6-16(23)5-13/h4-6,8,10,12,18,31H,7,9H2,1-3H3,(H,27,32)(H,24,26,28). The molecule has 0 saturated carbocycles. The summed E-state index contributed by atoms with van der Waals surface area (Å²) in [7, 11) is 1.70. The number of halogens is 2. The van der Waals surface area contributed by atoms with Gasteiger partial charge in [-0.1, -0.05) is 0 Å². The van der Waals surface area contributed by atoms with Crippen LogP contribution in [0.2, 0.25) is 0 Å². The lowest BCUT2D eigenvalue weighted by atomic mass is 10.1. The zero-order valence-corrected chi connectivity index (χ0v) is 17.8. The first-order valence-corrected chi connectivity index (χ1v) is 10.0. The molecule has 2 atom stereocenters. The zero-order chi connectivity index (χ0) is 23.0. The summed E-state index contributed by atoms with van der Waals surface area (Å²) < 4.78 is 28.3. The molecule has 9 nitrogen and oxygen atoms in total. The molecule has 4 rings (SSSR count). The van der Waals surface area contributed by atoms with E-state index in [2.05, 4.69) is 25.7 Å². The number of aliphatic hydroxyl groups excluding tert-OH is 1. The Bertz CT molecular complexity index is 1140. The van der Waals surface area contributed by atoms with Crippen LogP contribution in [-0.2, 0) is 17.9 Å². The number of nitrogens with zero attached hydrogens (tertiary/aromatic N) is 5. The minimum atomic E-state index is -0.878. The van der Waals surface area contributed by atoms with E-state index in [9.17, 15) is 18.7 Å². The Morgan fingerprint density at radius 1 is 1.22 bits per heavy atom. The van der Waals surface area contributed by atoms with Crippen molar-refractivity contribution >= 4 is 23.4 Å². The maximum Gasteiger partial charge on any atom is 0.249 e. The number of hydrogen-bond acceptors (Lipinski definition) is 7. The van der Waals surface area contributed by atoms with Gasteiger partial charge in [-0.05, 0) is 31.5 Å². The van der Waals surface area contributed by atoms with Crippen LogP contribution in [0, 0.1) is 18.6 Å². The van der Waals surface area contributed by atoms with Crippen molar-refractivity contribution in [1.82, 2.24) is 19.7 Å². The molecule has 1 aliphatic heterocycles. The van der Waals surface area contributed by atoms with Gasteiger partial charge in [0.25, 0.3) is 0 Å². The zero-order valence-electron chi connectivity index (χ0n) is 17.8. The SMILES string of the molecule is Cc1nc(NCc2cnn(Cc3cc(F)cc(F)c3)c2)nc2c1NC(=O)C(C(C)O)N2C. The van der Waals surface area contributed by atoms with E-state index in [1.165, 1.54) is 12.1 Å². The summed E-state index contributed by atoms with van der Waals surface area (Å²) in [6.07, 6.45) is 2.53. The number of aliphatic hydroxyl groups is 1. The number of benzene rings is 1. The average Bonchev–Trinajstić information content (AvgIpc) is 3.13. The van der Waals surface area contributed by atoms with Gasteiger partial charge in [0.2, 0.25) is 11.9 Å². The molecule has 1 aliphatic rings. The number of likely N-dealkylation sites (N-methyl/N-ethyl adjacent to an activating group) is 1. The second kappa shape index (κ2) is 8.50. The largest absolute Gasteiger partial charge is 0.391 e. The van der Waals surface area contributed by atoms with Gasteiger partial charge in [0.05, 0.1) is 24.5 Å². The summed E-state index contributed by atoms with van der Waals surface area (Å²) in [4.78, 5) is 22.8. The fourth-order valence-electron chi connectivity index (χ4n) is 3.74. The summed E-state index contributed by atoms with van der Waals surface area (Å²) in [6, 6.07) is 2.61. The van der Waals surface area contributed by atoms with Crippen LogP contribution in [0.4, 0.5) is 26.2 Å². The summed E-state index contributed by atoms with van der Waals surface area (Å²) in [5.74, 6) is -0.711. The van der Waals surface area contributed by atoms with Gasteiger partial charge in [-0.15, -0.1) is 0 Å². The number of aryl methyl sites for hydroxylation is 1. The van der Waals surface area contributed by atoms with Crippen molar-refractivity contribution in [1.29, 1.82) is 0 Å². The van der Waals surface area contributed by atoms with Crippen LogP contribution in [0.25, 0.3) is 0 Å². The van der Waals surface area contributed by atoms with Crippen LogP contribution in [0.15, 0.2) is 30.6 Å². The number of fused-ring (bicyclic) bond motifs is 1. The molecule has 3 N–H and O–H groups in total. The third-order valence-electron chi connectivity index (χ3n) is 5.20. The number of rotatable bonds is 6. The van der Waals surface area contributed by atoms with E-state index in [1.54, 1.807) is 42.9 Å². The highest BCUT2D eigenvalue weighted by Gasteiger charge is 2.36. The molecule has 0 radical (unpaired) electrons. The molecule has 1 amide bonds. The molecule has 1 aromatic carbocycles. The predicted octanol–water partition coefficient (Wildman–Crippen LogP) is 2.06. The highest BCUT2D eigenvalue weighted by molar-refractivity contribution is 6.03. The third-order valence-corrected chi connectivity index (χ3v) is 5.20. The molecule has 0 fully saturated rings. The molecule has 168 valence electrons. The Hall–Kier alpha value is -3.60. The van der Waals surface area contributed by atoms with Gasteiger partial charge in [-0.25, -0.2) is 13.8 Å². The fourth-order valence-corrected chi connectivity index (χ4v) is 3.74. The van der Waals surface area contributed by atoms with Crippen molar-refractivity contribution in [2.45, 2.75) is 39.1 Å². The number of nitrogens with one attached hydrogen (secondary N) is 2. The molecule has 0 bridgehead atoms. The van der Waals surface area contributed by atoms with Gasteiger partial charge in [0.1, 0.15) is 23.4 Å². The van der Waals surface area contributed by atoms with Crippen LogP contribution in [0.5, 0.6) is 0 Å². The van der Waals surface area contributed by atoms with Gasteiger partial charge in [-0.3, -0.25) is 9.48 Å². The maximum atomic E-state index is 13.4. The molecule has 32 heavy (non-hydrogen) atoms. The smallest absolute Gasteiger partial charge is 0.249 e. The molecule has 3 aromatic rings. The Kier molecular flexibility index (Phi) is 5.74. The molecular weight excluding hydrogens is 420 g/mol. The normalized spacial score (nSPS) is 16.5. The monoisotopic (exact) mass is 443 g/mol. The number of anilines is 3. The minimum absolute atomic E-state index is 0.231. The average molecular weight is 443 g/mol. The topological polar surface area (TPSA) is 108 Å². The van der Waals surface area contributed by atoms with E-state index in [-0.39, 0.29) is 12.5 Å². The number of carbonyl (C=O) groups excluding carboxylic acids is 1. The van der Waals surface area contributed by atoms with E-state index in [4.69, 9.17) is 0 Å². The molecule has 0 aliphatic carbocycles. The molecule has 0 spiro atoms. The first-order chi connectivity index (χ1) is 15.2. The Morgan fingerprint density at radius 3 is 2.62 bits per heavy atom.